The average Bonchev–Trinajstić information content (AvgIpc) is 2.31. The van der Waals surface area contributed by atoms with Crippen molar-refractivity contribution in [1.82, 2.24) is 5.32 Å². The van der Waals surface area contributed by atoms with E-state index < -0.39 is 5.60 Å². The Labute approximate surface area is 97.9 Å². The molecule has 3 nitrogen and oxygen atoms in total. The van der Waals surface area contributed by atoms with E-state index in [1.165, 1.54) is 18.4 Å². The highest BCUT2D eigenvalue weighted by atomic mass is 16.5. The van der Waals surface area contributed by atoms with Crippen molar-refractivity contribution in [3.05, 3.63) is 11.6 Å². The normalized spacial score (nSPS) is 30.6. The summed E-state index contributed by atoms with van der Waals surface area (Å²) < 4.78 is 5.42. The van der Waals surface area contributed by atoms with Crippen molar-refractivity contribution >= 4 is 0 Å². The highest BCUT2D eigenvalue weighted by molar-refractivity contribution is 5.17. The summed E-state index contributed by atoms with van der Waals surface area (Å²) in [5.41, 5.74) is 0.574. The monoisotopic (exact) mass is 225 g/mol. The molecular formula is C13H23NO2. The van der Waals surface area contributed by atoms with Crippen molar-refractivity contribution in [2.24, 2.45) is 0 Å². The molecule has 1 aliphatic heterocycles. The van der Waals surface area contributed by atoms with Gasteiger partial charge in [0.2, 0.25) is 0 Å². The van der Waals surface area contributed by atoms with Crippen molar-refractivity contribution in [2.45, 2.75) is 50.7 Å². The van der Waals surface area contributed by atoms with Gasteiger partial charge >= 0.3 is 0 Å². The van der Waals surface area contributed by atoms with Gasteiger partial charge in [0, 0.05) is 12.6 Å². The van der Waals surface area contributed by atoms with Gasteiger partial charge in [0.15, 0.2) is 0 Å². The molecule has 1 fully saturated rings. The molecule has 0 amide bonds. The molecule has 16 heavy (non-hydrogen) atoms. The predicted molar refractivity (Wildman–Crippen MR) is 64.4 cm³/mol. The summed E-state index contributed by atoms with van der Waals surface area (Å²) in [6, 6.07) is 0.298. The van der Waals surface area contributed by atoms with Gasteiger partial charge in [-0.1, -0.05) is 6.08 Å². The number of ether oxygens (including phenoxy) is 1. The maximum Gasteiger partial charge on any atom is 0.0844 e. The van der Waals surface area contributed by atoms with Crippen LogP contribution in [0.25, 0.3) is 0 Å². The molecule has 0 spiro atoms. The van der Waals surface area contributed by atoms with E-state index >= 15 is 0 Å². The highest BCUT2D eigenvalue weighted by Gasteiger charge is 2.30. The third-order valence-electron chi connectivity index (χ3n) is 3.63. The van der Waals surface area contributed by atoms with Crippen LogP contribution >= 0.6 is 0 Å². The Hall–Kier alpha value is -0.380. The lowest BCUT2D eigenvalue weighted by atomic mass is 9.82. The maximum atomic E-state index is 10.5. The lowest BCUT2D eigenvalue weighted by molar-refractivity contribution is 0.0243. The van der Waals surface area contributed by atoms with Gasteiger partial charge in [-0.15, -0.1) is 0 Å². The first-order chi connectivity index (χ1) is 7.68. The first kappa shape index (κ1) is 12.1. The molecule has 2 atom stereocenters. The molecule has 92 valence electrons. The third kappa shape index (κ3) is 3.06. The molecule has 2 unspecified atom stereocenters. The van der Waals surface area contributed by atoms with Gasteiger partial charge in [-0.3, -0.25) is 0 Å². The van der Waals surface area contributed by atoms with Crippen LogP contribution in [0.2, 0.25) is 0 Å². The topological polar surface area (TPSA) is 41.5 Å². The summed E-state index contributed by atoms with van der Waals surface area (Å²) in [4.78, 5) is 0. The maximum absolute atomic E-state index is 10.5. The van der Waals surface area contributed by atoms with E-state index in [0.29, 0.717) is 6.04 Å². The molecule has 1 aliphatic carbocycles. The van der Waals surface area contributed by atoms with Crippen LogP contribution in [0.4, 0.5) is 0 Å². The molecule has 0 bridgehead atoms. The highest BCUT2D eigenvalue weighted by Crippen LogP contribution is 2.30. The van der Waals surface area contributed by atoms with Gasteiger partial charge in [-0.25, -0.2) is 0 Å². The standard InChI is InChI=1S/C13H23NO2/c1-13(15,11-5-3-2-4-6-11)9-12-10-16-8-7-14-12/h5,12,14-15H,2-4,6-10H2,1H3. The predicted octanol–water partition coefficient (Wildman–Crippen LogP) is 1.62. The molecule has 0 saturated carbocycles. The van der Waals surface area contributed by atoms with E-state index in [0.717, 1.165) is 39.0 Å². The fourth-order valence-electron chi connectivity index (χ4n) is 2.69. The van der Waals surface area contributed by atoms with Crippen LogP contribution in [0.5, 0.6) is 0 Å². The summed E-state index contributed by atoms with van der Waals surface area (Å²) in [5, 5.41) is 13.9. The smallest absolute Gasteiger partial charge is 0.0844 e. The third-order valence-corrected chi connectivity index (χ3v) is 3.63. The van der Waals surface area contributed by atoms with Crippen molar-refractivity contribution in [1.29, 1.82) is 0 Å². The van der Waals surface area contributed by atoms with E-state index in [-0.39, 0.29) is 0 Å². The average molecular weight is 225 g/mol. The van der Waals surface area contributed by atoms with Crippen LogP contribution in [0.1, 0.15) is 39.0 Å². The Balaban J connectivity index is 1.92. The lowest BCUT2D eigenvalue weighted by Crippen LogP contribution is -2.46. The van der Waals surface area contributed by atoms with E-state index in [4.69, 9.17) is 4.74 Å². The zero-order chi connectivity index (χ0) is 11.4. The second-order valence-corrected chi connectivity index (χ2v) is 5.18. The number of aliphatic hydroxyl groups is 1. The van der Waals surface area contributed by atoms with Crippen LogP contribution in [-0.2, 0) is 4.74 Å². The molecule has 0 aromatic rings. The summed E-state index contributed by atoms with van der Waals surface area (Å²) >= 11 is 0. The molecule has 1 saturated heterocycles. The largest absolute Gasteiger partial charge is 0.386 e. The second-order valence-electron chi connectivity index (χ2n) is 5.18. The Bertz CT molecular complexity index is 255. The van der Waals surface area contributed by atoms with Crippen LogP contribution < -0.4 is 5.32 Å². The molecule has 1 heterocycles. The SMILES string of the molecule is CC(O)(CC1COCCN1)C1=CCCCC1. The molecule has 2 aliphatic rings. The van der Waals surface area contributed by atoms with Crippen molar-refractivity contribution in [3.63, 3.8) is 0 Å². The quantitative estimate of drug-likeness (QED) is 0.717. The lowest BCUT2D eigenvalue weighted by Gasteiger charge is -2.34. The van der Waals surface area contributed by atoms with Crippen molar-refractivity contribution in [2.75, 3.05) is 19.8 Å². The summed E-state index contributed by atoms with van der Waals surface area (Å²) in [5.74, 6) is 0. The van der Waals surface area contributed by atoms with Crippen molar-refractivity contribution in [3.8, 4) is 0 Å². The minimum absolute atomic E-state index is 0.298. The number of hydrogen-bond donors (Lipinski definition) is 2. The fraction of sp³-hybridized carbons (Fsp3) is 0.846. The molecular weight excluding hydrogens is 202 g/mol. The zero-order valence-electron chi connectivity index (χ0n) is 10.2. The zero-order valence-corrected chi connectivity index (χ0v) is 10.2. The van der Waals surface area contributed by atoms with Gasteiger partial charge < -0.3 is 15.2 Å². The summed E-state index contributed by atoms with van der Waals surface area (Å²) in [6.45, 7) is 4.37. The van der Waals surface area contributed by atoms with E-state index in [9.17, 15) is 5.11 Å². The minimum Gasteiger partial charge on any atom is -0.386 e. The van der Waals surface area contributed by atoms with Gasteiger partial charge in [0.1, 0.15) is 0 Å². The van der Waals surface area contributed by atoms with Crippen LogP contribution in [0, 0.1) is 0 Å². The van der Waals surface area contributed by atoms with Gasteiger partial charge in [-0.05, 0) is 44.6 Å². The fourth-order valence-corrected chi connectivity index (χ4v) is 2.69. The number of hydrogen-bond acceptors (Lipinski definition) is 3. The van der Waals surface area contributed by atoms with Crippen molar-refractivity contribution < 1.29 is 9.84 Å². The number of morpholine rings is 1. The number of rotatable bonds is 3. The van der Waals surface area contributed by atoms with Gasteiger partial charge in [0.25, 0.3) is 0 Å². The van der Waals surface area contributed by atoms with Crippen LogP contribution in [0.3, 0.4) is 0 Å². The van der Waals surface area contributed by atoms with E-state index in [1.807, 2.05) is 6.92 Å². The molecule has 0 radical (unpaired) electrons. The van der Waals surface area contributed by atoms with Gasteiger partial charge in [-0.2, -0.15) is 0 Å². The Morgan fingerprint density at radius 1 is 1.56 bits per heavy atom. The Kier molecular flexibility index (Phi) is 4.00. The molecule has 2 N–H and O–H groups in total. The summed E-state index contributed by atoms with van der Waals surface area (Å²) in [6.07, 6.45) is 7.66. The first-order valence-corrected chi connectivity index (χ1v) is 6.41. The Morgan fingerprint density at radius 2 is 2.44 bits per heavy atom. The van der Waals surface area contributed by atoms with E-state index in [2.05, 4.69) is 11.4 Å². The second kappa shape index (κ2) is 5.30. The van der Waals surface area contributed by atoms with Crippen LogP contribution in [-0.4, -0.2) is 36.5 Å². The first-order valence-electron chi connectivity index (χ1n) is 6.41. The number of allylic oxidation sites excluding steroid dienone is 1. The summed E-state index contributed by atoms with van der Waals surface area (Å²) in [7, 11) is 0. The molecule has 2 rings (SSSR count). The molecule has 0 aromatic carbocycles. The minimum atomic E-state index is -0.654. The molecule has 0 aromatic heterocycles. The van der Waals surface area contributed by atoms with Crippen LogP contribution in [0.15, 0.2) is 11.6 Å². The molecule has 3 heteroatoms. The van der Waals surface area contributed by atoms with Gasteiger partial charge in [0.05, 0.1) is 18.8 Å². The Morgan fingerprint density at radius 3 is 3.06 bits per heavy atom. The number of nitrogens with one attached hydrogen (secondary N) is 1. The van der Waals surface area contributed by atoms with E-state index in [1.54, 1.807) is 0 Å².